The van der Waals surface area contributed by atoms with Crippen molar-refractivity contribution in [2.24, 2.45) is 5.73 Å². The van der Waals surface area contributed by atoms with Crippen LogP contribution >= 0.6 is 0 Å². The number of nitriles is 1. The third-order valence-electron chi connectivity index (χ3n) is 3.66. The molecule has 6 nitrogen and oxygen atoms in total. The van der Waals surface area contributed by atoms with Crippen molar-refractivity contribution in [2.45, 2.75) is 6.61 Å². The summed E-state index contributed by atoms with van der Waals surface area (Å²) in [5.41, 5.74) is 7.71. The predicted molar refractivity (Wildman–Crippen MR) is 98.0 cm³/mol. The van der Waals surface area contributed by atoms with E-state index in [9.17, 15) is 10.1 Å². The number of primary amides is 1. The summed E-state index contributed by atoms with van der Waals surface area (Å²) >= 11 is 0. The van der Waals surface area contributed by atoms with Crippen LogP contribution in [0.5, 0.6) is 5.75 Å². The number of amides is 1. The number of pyridine rings is 1. The number of nitrogens with zero attached hydrogens (tertiary/aromatic N) is 2. The van der Waals surface area contributed by atoms with E-state index in [2.05, 4.69) is 16.4 Å². The Kier molecular flexibility index (Phi) is 5.11. The first-order valence-corrected chi connectivity index (χ1v) is 7.89. The van der Waals surface area contributed by atoms with Crippen LogP contribution in [-0.2, 0) is 6.61 Å². The summed E-state index contributed by atoms with van der Waals surface area (Å²) in [5.74, 6) is 0.503. The lowest BCUT2D eigenvalue weighted by Crippen LogP contribution is -2.11. The van der Waals surface area contributed by atoms with Crippen molar-refractivity contribution in [1.82, 2.24) is 4.98 Å². The Morgan fingerprint density at radius 2 is 1.96 bits per heavy atom. The number of anilines is 2. The number of rotatable bonds is 6. The van der Waals surface area contributed by atoms with Crippen LogP contribution in [0.15, 0.2) is 66.9 Å². The first kappa shape index (κ1) is 17.0. The molecule has 0 aliphatic heterocycles. The zero-order valence-corrected chi connectivity index (χ0v) is 13.8. The lowest BCUT2D eigenvalue weighted by molar-refractivity contribution is 0.1000. The summed E-state index contributed by atoms with van der Waals surface area (Å²) in [4.78, 5) is 15.2. The number of hydrogen-bond acceptors (Lipinski definition) is 5. The molecule has 3 rings (SSSR count). The van der Waals surface area contributed by atoms with Gasteiger partial charge in [0.05, 0.1) is 11.1 Å². The molecule has 1 amide bonds. The molecular formula is C20H16N4O2. The lowest BCUT2D eigenvalue weighted by Gasteiger charge is -2.11. The maximum atomic E-state index is 11.1. The zero-order chi connectivity index (χ0) is 18.4. The monoisotopic (exact) mass is 344 g/mol. The quantitative estimate of drug-likeness (QED) is 0.714. The number of carbonyl (C=O) groups is 1. The van der Waals surface area contributed by atoms with Crippen LogP contribution in [0.1, 0.15) is 21.5 Å². The molecule has 0 aliphatic rings. The van der Waals surface area contributed by atoms with Crippen LogP contribution in [0.3, 0.4) is 0 Å². The van der Waals surface area contributed by atoms with Gasteiger partial charge in [-0.2, -0.15) is 5.26 Å². The van der Waals surface area contributed by atoms with Gasteiger partial charge in [-0.15, -0.1) is 0 Å². The molecule has 0 bridgehead atoms. The summed E-state index contributed by atoms with van der Waals surface area (Å²) in [7, 11) is 0. The Bertz CT molecular complexity index is 948. The average Bonchev–Trinajstić information content (AvgIpc) is 2.68. The molecule has 0 saturated heterocycles. The van der Waals surface area contributed by atoms with E-state index in [4.69, 9.17) is 10.5 Å². The molecule has 1 aromatic heterocycles. The van der Waals surface area contributed by atoms with Crippen molar-refractivity contribution in [3.8, 4) is 11.8 Å². The van der Waals surface area contributed by atoms with Crippen LogP contribution in [0.25, 0.3) is 0 Å². The molecule has 0 radical (unpaired) electrons. The van der Waals surface area contributed by atoms with Crippen LogP contribution in [0.2, 0.25) is 0 Å². The highest BCUT2D eigenvalue weighted by atomic mass is 16.5. The number of nitrogens with two attached hydrogens (primary N) is 1. The van der Waals surface area contributed by atoms with Gasteiger partial charge in [0.15, 0.2) is 0 Å². The fourth-order valence-corrected chi connectivity index (χ4v) is 2.31. The molecule has 2 aromatic carbocycles. The van der Waals surface area contributed by atoms with Gasteiger partial charge >= 0.3 is 0 Å². The SMILES string of the molecule is N#Cc1ccc(Nc2ccc(C(N)=O)cn2)cc1OCc1ccccc1. The van der Waals surface area contributed by atoms with Crippen LogP contribution in [0.4, 0.5) is 11.5 Å². The summed E-state index contributed by atoms with van der Waals surface area (Å²) in [5, 5.41) is 12.4. The normalized spacial score (nSPS) is 9.96. The Morgan fingerprint density at radius 3 is 2.62 bits per heavy atom. The van der Waals surface area contributed by atoms with E-state index in [1.165, 1.54) is 6.20 Å². The summed E-state index contributed by atoms with van der Waals surface area (Å²) in [6.45, 7) is 0.366. The van der Waals surface area contributed by atoms with Crippen molar-refractivity contribution in [3.05, 3.63) is 83.6 Å². The van der Waals surface area contributed by atoms with E-state index in [-0.39, 0.29) is 0 Å². The van der Waals surface area contributed by atoms with E-state index < -0.39 is 5.91 Å². The Hall–Kier alpha value is -3.85. The van der Waals surface area contributed by atoms with Crippen molar-refractivity contribution in [1.29, 1.82) is 5.26 Å². The summed E-state index contributed by atoms with van der Waals surface area (Å²) < 4.78 is 5.80. The van der Waals surface area contributed by atoms with Gasteiger partial charge in [-0.1, -0.05) is 30.3 Å². The smallest absolute Gasteiger partial charge is 0.250 e. The average molecular weight is 344 g/mol. The molecule has 6 heteroatoms. The molecule has 0 saturated carbocycles. The highest BCUT2D eigenvalue weighted by Crippen LogP contribution is 2.25. The maximum Gasteiger partial charge on any atom is 0.250 e. The second kappa shape index (κ2) is 7.81. The lowest BCUT2D eigenvalue weighted by atomic mass is 10.2. The molecular weight excluding hydrogens is 328 g/mol. The van der Waals surface area contributed by atoms with Crippen LogP contribution in [-0.4, -0.2) is 10.9 Å². The second-order valence-corrected chi connectivity index (χ2v) is 5.52. The molecule has 128 valence electrons. The second-order valence-electron chi connectivity index (χ2n) is 5.52. The van der Waals surface area contributed by atoms with E-state index >= 15 is 0 Å². The van der Waals surface area contributed by atoms with Gasteiger partial charge in [0.2, 0.25) is 5.91 Å². The number of ether oxygens (including phenoxy) is 1. The molecule has 3 aromatic rings. The summed E-state index contributed by atoms with van der Waals surface area (Å²) in [6.07, 6.45) is 1.40. The molecule has 0 spiro atoms. The fourth-order valence-electron chi connectivity index (χ4n) is 2.31. The van der Waals surface area contributed by atoms with Crippen molar-refractivity contribution < 1.29 is 9.53 Å². The topological polar surface area (TPSA) is 101 Å². The standard InChI is InChI=1S/C20H16N4O2/c21-11-15-6-8-17(24-19-9-7-16(12-23-19)20(22)25)10-18(15)26-13-14-4-2-1-3-5-14/h1-10,12H,13H2,(H2,22,25)(H,23,24). The van der Waals surface area contributed by atoms with Gasteiger partial charge in [0.1, 0.15) is 24.2 Å². The van der Waals surface area contributed by atoms with Crippen molar-refractivity contribution in [3.63, 3.8) is 0 Å². The van der Waals surface area contributed by atoms with Gasteiger partial charge in [0.25, 0.3) is 0 Å². The number of aromatic nitrogens is 1. The Labute approximate surface area is 150 Å². The number of carbonyl (C=O) groups excluding carboxylic acids is 1. The molecule has 0 atom stereocenters. The van der Waals surface area contributed by atoms with Crippen molar-refractivity contribution in [2.75, 3.05) is 5.32 Å². The summed E-state index contributed by atoms with van der Waals surface area (Å²) in [6, 6.07) is 20.3. The third kappa shape index (κ3) is 4.16. The van der Waals surface area contributed by atoms with Crippen LogP contribution in [0, 0.1) is 11.3 Å². The number of benzene rings is 2. The van der Waals surface area contributed by atoms with E-state index in [1.807, 2.05) is 30.3 Å². The predicted octanol–water partition coefficient (Wildman–Crippen LogP) is 3.37. The Balaban J connectivity index is 1.76. The third-order valence-corrected chi connectivity index (χ3v) is 3.66. The first-order chi connectivity index (χ1) is 12.7. The number of nitrogens with one attached hydrogen (secondary N) is 1. The minimum absolute atomic E-state index is 0.335. The minimum Gasteiger partial charge on any atom is -0.487 e. The zero-order valence-electron chi connectivity index (χ0n) is 13.8. The molecule has 1 heterocycles. The minimum atomic E-state index is -0.529. The number of hydrogen-bond donors (Lipinski definition) is 2. The largest absolute Gasteiger partial charge is 0.487 e. The highest BCUT2D eigenvalue weighted by molar-refractivity contribution is 5.92. The fraction of sp³-hybridized carbons (Fsp3) is 0.0500. The molecule has 0 aliphatic carbocycles. The molecule has 0 fully saturated rings. The van der Waals surface area contributed by atoms with Gasteiger partial charge in [0, 0.05) is 18.0 Å². The van der Waals surface area contributed by atoms with Crippen LogP contribution < -0.4 is 15.8 Å². The molecule has 0 unspecified atom stereocenters. The van der Waals surface area contributed by atoms with Crippen molar-refractivity contribution >= 4 is 17.4 Å². The van der Waals surface area contributed by atoms with Gasteiger partial charge < -0.3 is 15.8 Å². The van der Waals surface area contributed by atoms with Gasteiger partial charge in [-0.3, -0.25) is 4.79 Å². The first-order valence-electron chi connectivity index (χ1n) is 7.89. The van der Waals surface area contributed by atoms with E-state index in [0.29, 0.717) is 35.0 Å². The van der Waals surface area contributed by atoms with Gasteiger partial charge in [-0.05, 0) is 29.8 Å². The molecule has 3 N–H and O–H groups in total. The molecule has 26 heavy (non-hydrogen) atoms. The van der Waals surface area contributed by atoms with Gasteiger partial charge in [-0.25, -0.2) is 4.98 Å². The van der Waals surface area contributed by atoms with E-state index in [1.54, 1.807) is 30.3 Å². The maximum absolute atomic E-state index is 11.1. The highest BCUT2D eigenvalue weighted by Gasteiger charge is 2.07. The Morgan fingerprint density at radius 1 is 1.15 bits per heavy atom. The van der Waals surface area contributed by atoms with E-state index in [0.717, 1.165) is 5.56 Å².